The first-order chi connectivity index (χ1) is 11.0. The first kappa shape index (κ1) is 16.0. The quantitative estimate of drug-likeness (QED) is 0.536. The standard InChI is InChI=1S/C14H14N4O5/c1-22-10-5-8(6-11(23-2)13(10)20)7-15-18-14(21)9-3-4-12(19)17-16-9/h3-7,20H,1-2H3,(H,17,19)(H,18,21)/b15-7+. The number of hydrogen-bond acceptors (Lipinski definition) is 7. The summed E-state index contributed by atoms with van der Waals surface area (Å²) in [6, 6.07) is 5.50. The molecule has 0 aliphatic heterocycles. The molecule has 0 aliphatic carbocycles. The molecule has 9 nitrogen and oxygen atoms in total. The van der Waals surface area contributed by atoms with Gasteiger partial charge in [-0.2, -0.15) is 10.2 Å². The van der Waals surface area contributed by atoms with Crippen molar-refractivity contribution >= 4 is 12.1 Å². The van der Waals surface area contributed by atoms with Gasteiger partial charge in [0.1, 0.15) is 0 Å². The topological polar surface area (TPSA) is 126 Å². The summed E-state index contributed by atoms with van der Waals surface area (Å²) in [5.74, 6) is -0.303. The second-order valence-corrected chi connectivity index (χ2v) is 4.28. The van der Waals surface area contributed by atoms with Gasteiger partial charge in [-0.05, 0) is 18.2 Å². The summed E-state index contributed by atoms with van der Waals surface area (Å²) in [6.45, 7) is 0. The lowest BCUT2D eigenvalue weighted by molar-refractivity contribution is 0.0949. The molecule has 3 N–H and O–H groups in total. The minimum absolute atomic E-state index is 0.0163. The summed E-state index contributed by atoms with van der Waals surface area (Å²) in [7, 11) is 2.80. The lowest BCUT2D eigenvalue weighted by Crippen LogP contribution is -2.21. The number of carbonyl (C=O) groups is 1. The number of methoxy groups -OCH3 is 2. The predicted molar refractivity (Wildman–Crippen MR) is 81.1 cm³/mol. The van der Waals surface area contributed by atoms with Gasteiger partial charge in [-0.1, -0.05) is 0 Å². The normalized spacial score (nSPS) is 10.5. The third-order valence-electron chi connectivity index (χ3n) is 2.79. The van der Waals surface area contributed by atoms with Crippen molar-refractivity contribution in [2.45, 2.75) is 0 Å². The summed E-state index contributed by atoms with van der Waals surface area (Å²) in [4.78, 5) is 22.6. The van der Waals surface area contributed by atoms with Crippen LogP contribution in [0.25, 0.3) is 0 Å². The monoisotopic (exact) mass is 318 g/mol. The first-order valence-corrected chi connectivity index (χ1v) is 6.39. The molecule has 0 saturated carbocycles. The molecule has 2 rings (SSSR count). The van der Waals surface area contributed by atoms with Crippen LogP contribution in [-0.4, -0.2) is 41.6 Å². The molecular formula is C14H14N4O5. The lowest BCUT2D eigenvalue weighted by Gasteiger charge is -2.09. The van der Waals surface area contributed by atoms with Crippen LogP contribution in [-0.2, 0) is 0 Å². The number of aromatic amines is 1. The Balaban J connectivity index is 2.12. The summed E-state index contributed by atoms with van der Waals surface area (Å²) in [6.07, 6.45) is 1.34. The lowest BCUT2D eigenvalue weighted by atomic mass is 10.2. The van der Waals surface area contributed by atoms with Gasteiger partial charge < -0.3 is 14.6 Å². The number of hydrazone groups is 1. The number of phenols is 1. The minimum Gasteiger partial charge on any atom is -0.502 e. The van der Waals surface area contributed by atoms with E-state index >= 15 is 0 Å². The van der Waals surface area contributed by atoms with Crippen LogP contribution in [0.4, 0.5) is 0 Å². The molecule has 0 bridgehead atoms. The van der Waals surface area contributed by atoms with Crippen molar-refractivity contribution in [2.24, 2.45) is 5.10 Å². The Morgan fingerprint density at radius 1 is 1.30 bits per heavy atom. The highest BCUT2D eigenvalue weighted by Gasteiger charge is 2.10. The van der Waals surface area contributed by atoms with Gasteiger partial charge in [0, 0.05) is 11.6 Å². The number of ether oxygens (including phenoxy) is 2. The molecule has 0 spiro atoms. The van der Waals surface area contributed by atoms with E-state index in [0.29, 0.717) is 5.56 Å². The van der Waals surface area contributed by atoms with E-state index < -0.39 is 11.5 Å². The number of phenolic OH excluding ortho intramolecular Hbond substituents is 1. The van der Waals surface area contributed by atoms with Crippen LogP contribution in [0.2, 0.25) is 0 Å². The fraction of sp³-hybridized carbons (Fsp3) is 0.143. The second-order valence-electron chi connectivity index (χ2n) is 4.28. The maximum atomic E-state index is 11.7. The zero-order valence-electron chi connectivity index (χ0n) is 12.4. The number of aromatic nitrogens is 2. The van der Waals surface area contributed by atoms with Gasteiger partial charge in [-0.3, -0.25) is 9.59 Å². The number of hydrogen-bond donors (Lipinski definition) is 3. The molecule has 9 heteroatoms. The molecule has 0 unspecified atom stereocenters. The van der Waals surface area contributed by atoms with Gasteiger partial charge in [0.15, 0.2) is 17.2 Å². The first-order valence-electron chi connectivity index (χ1n) is 6.39. The zero-order chi connectivity index (χ0) is 16.8. The average Bonchev–Trinajstić information content (AvgIpc) is 2.56. The number of amides is 1. The molecule has 0 fully saturated rings. The van der Waals surface area contributed by atoms with E-state index in [9.17, 15) is 14.7 Å². The van der Waals surface area contributed by atoms with Crippen LogP contribution in [0.15, 0.2) is 34.2 Å². The third-order valence-corrected chi connectivity index (χ3v) is 2.79. The van der Waals surface area contributed by atoms with Crippen molar-refractivity contribution in [1.82, 2.24) is 15.6 Å². The van der Waals surface area contributed by atoms with E-state index in [1.807, 2.05) is 0 Å². The number of H-pyrrole nitrogens is 1. The number of nitrogens with one attached hydrogen (secondary N) is 2. The molecule has 1 aromatic heterocycles. The van der Waals surface area contributed by atoms with Crippen molar-refractivity contribution in [2.75, 3.05) is 14.2 Å². The largest absolute Gasteiger partial charge is 0.502 e. The highest BCUT2D eigenvalue weighted by molar-refractivity contribution is 5.93. The molecule has 0 aliphatic rings. The molecule has 120 valence electrons. The van der Waals surface area contributed by atoms with Crippen molar-refractivity contribution in [1.29, 1.82) is 0 Å². The van der Waals surface area contributed by atoms with Crippen molar-refractivity contribution in [3.05, 3.63) is 45.9 Å². The van der Waals surface area contributed by atoms with E-state index in [4.69, 9.17) is 9.47 Å². The molecule has 0 radical (unpaired) electrons. The third kappa shape index (κ3) is 3.84. The summed E-state index contributed by atoms with van der Waals surface area (Å²) < 4.78 is 10.0. The Morgan fingerprint density at radius 3 is 2.48 bits per heavy atom. The van der Waals surface area contributed by atoms with Gasteiger partial charge in [0.2, 0.25) is 5.75 Å². The minimum atomic E-state index is -0.588. The molecule has 2 aromatic rings. The summed E-state index contributed by atoms with van der Waals surface area (Å²) in [5.41, 5.74) is 2.40. The van der Waals surface area contributed by atoms with Crippen LogP contribution in [0.3, 0.4) is 0 Å². The van der Waals surface area contributed by atoms with Gasteiger partial charge in [-0.15, -0.1) is 0 Å². The number of nitrogens with zero attached hydrogens (tertiary/aromatic N) is 2. The summed E-state index contributed by atoms with van der Waals surface area (Å²) >= 11 is 0. The maximum Gasteiger partial charge on any atom is 0.291 e. The highest BCUT2D eigenvalue weighted by atomic mass is 16.5. The molecule has 1 amide bonds. The molecular weight excluding hydrogens is 304 g/mol. The Morgan fingerprint density at radius 2 is 1.96 bits per heavy atom. The fourth-order valence-corrected chi connectivity index (χ4v) is 1.68. The Labute approximate surface area is 130 Å². The van der Waals surface area contributed by atoms with Crippen LogP contribution in [0.5, 0.6) is 17.2 Å². The summed E-state index contributed by atoms with van der Waals surface area (Å²) in [5, 5.41) is 19.3. The van der Waals surface area contributed by atoms with Gasteiger partial charge in [0.25, 0.3) is 11.5 Å². The molecule has 1 aromatic carbocycles. The zero-order valence-corrected chi connectivity index (χ0v) is 12.4. The smallest absolute Gasteiger partial charge is 0.291 e. The Kier molecular flexibility index (Phi) is 4.92. The SMILES string of the molecule is COc1cc(/C=N/NC(=O)c2ccc(=O)[nH]n2)cc(OC)c1O. The van der Waals surface area contributed by atoms with E-state index in [-0.39, 0.29) is 22.9 Å². The molecule has 1 heterocycles. The predicted octanol–water partition coefficient (Wildman–Crippen LogP) is 0.257. The van der Waals surface area contributed by atoms with Crippen molar-refractivity contribution < 1.29 is 19.4 Å². The van der Waals surface area contributed by atoms with E-state index in [2.05, 4.69) is 20.7 Å². The second kappa shape index (κ2) is 7.07. The molecule has 23 heavy (non-hydrogen) atoms. The maximum absolute atomic E-state index is 11.7. The van der Waals surface area contributed by atoms with Crippen molar-refractivity contribution in [3.63, 3.8) is 0 Å². The highest BCUT2D eigenvalue weighted by Crippen LogP contribution is 2.36. The van der Waals surface area contributed by atoms with Gasteiger partial charge in [0.05, 0.1) is 20.4 Å². The number of carbonyl (C=O) groups excluding carboxylic acids is 1. The van der Waals surface area contributed by atoms with Crippen LogP contribution in [0, 0.1) is 0 Å². The van der Waals surface area contributed by atoms with Gasteiger partial charge in [-0.25, -0.2) is 10.5 Å². The number of aromatic hydroxyl groups is 1. The van der Waals surface area contributed by atoms with E-state index in [0.717, 1.165) is 0 Å². The van der Waals surface area contributed by atoms with Crippen LogP contribution in [0.1, 0.15) is 16.1 Å². The van der Waals surface area contributed by atoms with E-state index in [1.165, 1.54) is 44.7 Å². The van der Waals surface area contributed by atoms with Crippen LogP contribution < -0.4 is 20.5 Å². The Bertz CT molecular complexity index is 754. The number of benzene rings is 1. The fourth-order valence-electron chi connectivity index (χ4n) is 1.68. The van der Waals surface area contributed by atoms with E-state index in [1.54, 1.807) is 0 Å². The molecule has 0 atom stereocenters. The Hall–Kier alpha value is -3.36. The van der Waals surface area contributed by atoms with Crippen molar-refractivity contribution in [3.8, 4) is 17.2 Å². The molecule has 0 saturated heterocycles. The average molecular weight is 318 g/mol. The van der Waals surface area contributed by atoms with Gasteiger partial charge >= 0.3 is 0 Å². The number of rotatable bonds is 5. The van der Waals surface area contributed by atoms with Crippen LogP contribution >= 0.6 is 0 Å².